The Hall–Kier alpha value is -2.89. The minimum atomic E-state index is -0.422. The van der Waals surface area contributed by atoms with Gasteiger partial charge in [0.1, 0.15) is 11.6 Å². The number of imidazole rings is 1. The van der Waals surface area contributed by atoms with E-state index in [1.807, 2.05) is 32.0 Å². The third-order valence-corrected chi connectivity index (χ3v) is 3.87. The second kappa shape index (κ2) is 5.72. The van der Waals surface area contributed by atoms with E-state index in [1.165, 1.54) is 17.7 Å². The van der Waals surface area contributed by atoms with Crippen molar-refractivity contribution in [2.45, 2.75) is 26.9 Å². The lowest BCUT2D eigenvalue weighted by Crippen LogP contribution is -2.05. The van der Waals surface area contributed by atoms with Crippen molar-refractivity contribution in [3.63, 3.8) is 0 Å². The van der Waals surface area contributed by atoms with Crippen LogP contribution in [0, 0.1) is 24.0 Å². The van der Waals surface area contributed by atoms with Crippen LogP contribution < -0.4 is 4.74 Å². The van der Waals surface area contributed by atoms with Gasteiger partial charge in [-0.25, -0.2) is 4.98 Å². The first-order valence-electron chi connectivity index (χ1n) is 7.32. The van der Waals surface area contributed by atoms with Gasteiger partial charge in [0.2, 0.25) is 0 Å². The molecule has 1 N–H and O–H groups in total. The first-order chi connectivity index (χ1) is 10.9. The minimum Gasteiger partial charge on any atom is -0.483 e. The van der Waals surface area contributed by atoms with Crippen LogP contribution in [0.25, 0.3) is 11.0 Å². The first-order valence-corrected chi connectivity index (χ1v) is 7.32. The first kappa shape index (κ1) is 15.0. The molecule has 0 saturated carbocycles. The topological polar surface area (TPSA) is 81.1 Å². The van der Waals surface area contributed by atoms with Gasteiger partial charge in [0.15, 0.2) is 6.10 Å². The number of aromatic amines is 1. The molecule has 3 aromatic rings. The standard InChI is InChI=1S/C17H17N3O3/c1-10-4-6-14(8-11(10)2)23-12(3)17-18-15-7-5-13(20(21)22)9-16(15)19-17/h4-9,12H,1-3H3,(H,18,19)/t12-/m0/s1. The number of aryl methyl sites for hydroxylation is 2. The van der Waals surface area contributed by atoms with Gasteiger partial charge in [0.05, 0.1) is 16.0 Å². The molecule has 118 valence electrons. The van der Waals surface area contributed by atoms with E-state index in [9.17, 15) is 10.1 Å². The Labute approximate surface area is 133 Å². The van der Waals surface area contributed by atoms with Crippen LogP contribution in [0.15, 0.2) is 36.4 Å². The van der Waals surface area contributed by atoms with E-state index in [0.29, 0.717) is 16.9 Å². The summed E-state index contributed by atoms with van der Waals surface area (Å²) in [5.41, 5.74) is 3.72. The molecule has 1 heterocycles. The summed E-state index contributed by atoms with van der Waals surface area (Å²) in [5.74, 6) is 1.41. The van der Waals surface area contributed by atoms with E-state index < -0.39 is 4.92 Å². The van der Waals surface area contributed by atoms with E-state index in [2.05, 4.69) is 16.9 Å². The minimum absolute atomic E-state index is 0.0374. The molecule has 0 aliphatic heterocycles. The maximum Gasteiger partial charge on any atom is 0.271 e. The Morgan fingerprint density at radius 2 is 1.96 bits per heavy atom. The van der Waals surface area contributed by atoms with Gasteiger partial charge in [-0.05, 0) is 50.1 Å². The zero-order valence-electron chi connectivity index (χ0n) is 13.2. The van der Waals surface area contributed by atoms with Crippen molar-refractivity contribution >= 4 is 16.7 Å². The number of nitrogens with one attached hydrogen (secondary N) is 1. The average Bonchev–Trinajstić information content (AvgIpc) is 2.94. The number of nitrogens with zero attached hydrogens (tertiary/aromatic N) is 2. The second-order valence-electron chi connectivity index (χ2n) is 5.59. The van der Waals surface area contributed by atoms with Crippen molar-refractivity contribution in [1.82, 2.24) is 9.97 Å². The van der Waals surface area contributed by atoms with Crippen molar-refractivity contribution in [2.75, 3.05) is 0 Å². The quantitative estimate of drug-likeness (QED) is 0.577. The maximum absolute atomic E-state index is 10.8. The number of hydrogen-bond acceptors (Lipinski definition) is 4. The summed E-state index contributed by atoms with van der Waals surface area (Å²) in [6.07, 6.45) is -0.288. The molecule has 0 aliphatic carbocycles. The molecule has 23 heavy (non-hydrogen) atoms. The van der Waals surface area contributed by atoms with Gasteiger partial charge in [-0.3, -0.25) is 10.1 Å². The highest BCUT2D eigenvalue weighted by molar-refractivity contribution is 5.77. The molecule has 0 saturated heterocycles. The Morgan fingerprint density at radius 3 is 2.65 bits per heavy atom. The molecule has 0 unspecified atom stereocenters. The Kier molecular flexibility index (Phi) is 3.73. The van der Waals surface area contributed by atoms with Crippen LogP contribution in [0.2, 0.25) is 0 Å². The fourth-order valence-corrected chi connectivity index (χ4v) is 2.37. The van der Waals surface area contributed by atoms with E-state index in [4.69, 9.17) is 4.74 Å². The smallest absolute Gasteiger partial charge is 0.271 e. The molecular weight excluding hydrogens is 294 g/mol. The van der Waals surface area contributed by atoms with Gasteiger partial charge in [0.25, 0.3) is 5.69 Å². The van der Waals surface area contributed by atoms with Crippen LogP contribution in [-0.2, 0) is 0 Å². The lowest BCUT2D eigenvalue weighted by molar-refractivity contribution is -0.384. The zero-order chi connectivity index (χ0) is 16.6. The fourth-order valence-electron chi connectivity index (χ4n) is 2.37. The van der Waals surface area contributed by atoms with Crippen LogP contribution >= 0.6 is 0 Å². The largest absolute Gasteiger partial charge is 0.483 e. The predicted octanol–water partition coefficient (Wildman–Crippen LogP) is 4.23. The molecule has 0 amide bonds. The zero-order valence-corrected chi connectivity index (χ0v) is 13.2. The SMILES string of the molecule is Cc1ccc(O[C@@H](C)c2nc3ccc([N+](=O)[O-])cc3[nH]2)cc1C. The fraction of sp³-hybridized carbons (Fsp3) is 0.235. The molecule has 0 spiro atoms. The summed E-state index contributed by atoms with van der Waals surface area (Å²) in [6.45, 7) is 5.98. The van der Waals surface area contributed by atoms with Gasteiger partial charge >= 0.3 is 0 Å². The Bertz CT molecular complexity index is 886. The lowest BCUT2D eigenvalue weighted by atomic mass is 10.1. The maximum atomic E-state index is 10.8. The molecule has 3 rings (SSSR count). The third kappa shape index (κ3) is 3.01. The van der Waals surface area contributed by atoms with Crippen molar-refractivity contribution in [2.24, 2.45) is 0 Å². The predicted molar refractivity (Wildman–Crippen MR) is 87.7 cm³/mol. The number of nitro benzene ring substituents is 1. The highest BCUT2D eigenvalue weighted by Crippen LogP contribution is 2.25. The number of rotatable bonds is 4. The Balaban J connectivity index is 1.86. The van der Waals surface area contributed by atoms with Gasteiger partial charge in [-0.2, -0.15) is 0 Å². The van der Waals surface area contributed by atoms with Crippen molar-refractivity contribution in [3.8, 4) is 5.75 Å². The number of ether oxygens (including phenoxy) is 1. The number of benzene rings is 2. The summed E-state index contributed by atoms with van der Waals surface area (Å²) in [5, 5.41) is 10.8. The van der Waals surface area contributed by atoms with E-state index in [-0.39, 0.29) is 11.8 Å². The van der Waals surface area contributed by atoms with E-state index >= 15 is 0 Å². The third-order valence-electron chi connectivity index (χ3n) is 3.87. The monoisotopic (exact) mass is 311 g/mol. The molecule has 1 atom stereocenters. The van der Waals surface area contributed by atoms with Crippen LogP contribution in [0.1, 0.15) is 30.0 Å². The number of nitro groups is 1. The van der Waals surface area contributed by atoms with Crippen molar-refractivity contribution in [1.29, 1.82) is 0 Å². The highest BCUT2D eigenvalue weighted by Gasteiger charge is 2.15. The number of aromatic nitrogens is 2. The normalized spacial score (nSPS) is 12.3. The number of H-pyrrole nitrogens is 1. The van der Waals surface area contributed by atoms with Crippen LogP contribution in [0.5, 0.6) is 5.75 Å². The molecule has 0 fully saturated rings. The van der Waals surface area contributed by atoms with Crippen LogP contribution in [0.3, 0.4) is 0 Å². The molecule has 0 bridgehead atoms. The van der Waals surface area contributed by atoms with Crippen LogP contribution in [-0.4, -0.2) is 14.9 Å². The summed E-state index contributed by atoms with van der Waals surface area (Å²) < 4.78 is 5.92. The summed E-state index contributed by atoms with van der Waals surface area (Å²) in [7, 11) is 0. The van der Waals surface area contributed by atoms with Gasteiger partial charge < -0.3 is 9.72 Å². The molecule has 1 aromatic heterocycles. The Morgan fingerprint density at radius 1 is 1.17 bits per heavy atom. The number of fused-ring (bicyclic) bond motifs is 1. The lowest BCUT2D eigenvalue weighted by Gasteiger charge is -2.13. The molecular formula is C17H17N3O3. The number of hydrogen-bond donors (Lipinski definition) is 1. The average molecular weight is 311 g/mol. The number of non-ortho nitro benzene ring substituents is 1. The van der Waals surface area contributed by atoms with E-state index in [1.54, 1.807) is 6.07 Å². The van der Waals surface area contributed by atoms with Gasteiger partial charge in [0, 0.05) is 12.1 Å². The molecule has 0 aliphatic rings. The molecule has 6 nitrogen and oxygen atoms in total. The van der Waals surface area contributed by atoms with Crippen molar-refractivity contribution < 1.29 is 9.66 Å². The van der Waals surface area contributed by atoms with Gasteiger partial charge in [-0.1, -0.05) is 6.07 Å². The summed E-state index contributed by atoms with van der Waals surface area (Å²) >= 11 is 0. The summed E-state index contributed by atoms with van der Waals surface area (Å²) in [6, 6.07) is 10.5. The van der Waals surface area contributed by atoms with Gasteiger partial charge in [-0.15, -0.1) is 0 Å². The summed E-state index contributed by atoms with van der Waals surface area (Å²) in [4.78, 5) is 18.0. The highest BCUT2D eigenvalue weighted by atomic mass is 16.6. The molecule has 6 heteroatoms. The molecule has 0 radical (unpaired) electrons. The molecule has 2 aromatic carbocycles. The van der Waals surface area contributed by atoms with E-state index in [0.717, 1.165) is 11.3 Å². The second-order valence-corrected chi connectivity index (χ2v) is 5.59. The van der Waals surface area contributed by atoms with Crippen molar-refractivity contribution in [3.05, 3.63) is 63.5 Å². The van der Waals surface area contributed by atoms with Crippen LogP contribution in [0.4, 0.5) is 5.69 Å².